The van der Waals surface area contributed by atoms with Gasteiger partial charge in [-0.25, -0.2) is 0 Å². The number of carbonyl (C=O) groups excluding carboxylic acids is 2. The van der Waals surface area contributed by atoms with Crippen LogP contribution in [0.5, 0.6) is 0 Å². The highest BCUT2D eigenvalue weighted by Gasteiger charge is 2.33. The van der Waals surface area contributed by atoms with Gasteiger partial charge in [-0.05, 0) is 6.54 Å². The predicted octanol–water partition coefficient (Wildman–Crippen LogP) is -0.357. The molecule has 0 aromatic carbocycles. The molecule has 0 aliphatic carbocycles. The van der Waals surface area contributed by atoms with Crippen molar-refractivity contribution in [2.24, 2.45) is 5.73 Å². The number of hydrogen-bond acceptors (Lipinski definition) is 5. The number of aromatic nitrogens is 2. The lowest BCUT2D eigenvalue weighted by molar-refractivity contribution is 0.0904. The lowest BCUT2D eigenvalue weighted by atomic mass is 10.1. The van der Waals surface area contributed by atoms with E-state index in [9.17, 15) is 9.59 Å². The Morgan fingerprint density at radius 3 is 2.50 bits per heavy atom. The van der Waals surface area contributed by atoms with Crippen LogP contribution in [0.15, 0.2) is 0 Å². The average molecular weight is 251 g/mol. The van der Waals surface area contributed by atoms with E-state index >= 15 is 0 Å². The number of amides is 1. The zero-order chi connectivity index (χ0) is 13.4. The summed E-state index contributed by atoms with van der Waals surface area (Å²) >= 11 is 0. The second-order valence-corrected chi connectivity index (χ2v) is 4.48. The van der Waals surface area contributed by atoms with Crippen LogP contribution < -0.4 is 11.5 Å². The number of nitrogens with two attached hydrogens (primary N) is 2. The van der Waals surface area contributed by atoms with Crippen molar-refractivity contribution in [2.75, 3.05) is 25.4 Å². The largest absolute Gasteiger partial charge is 0.395 e. The first-order chi connectivity index (χ1) is 8.45. The Morgan fingerprint density at radius 1 is 1.44 bits per heavy atom. The molecule has 0 bridgehead atoms. The number of ketones is 1. The molecule has 0 spiro atoms. The van der Waals surface area contributed by atoms with Gasteiger partial charge < -0.3 is 11.5 Å². The zero-order valence-corrected chi connectivity index (χ0v) is 10.5. The number of carbonyl (C=O) groups is 2. The van der Waals surface area contributed by atoms with Gasteiger partial charge in [-0.3, -0.25) is 19.2 Å². The number of likely N-dealkylation sites (N-methyl/N-ethyl adjacent to an activating group) is 1. The number of nitrogen functional groups attached to an aromatic ring is 1. The first kappa shape index (κ1) is 12.6. The second kappa shape index (κ2) is 4.41. The zero-order valence-electron chi connectivity index (χ0n) is 10.5. The van der Waals surface area contributed by atoms with Crippen molar-refractivity contribution in [1.82, 2.24) is 14.7 Å². The number of rotatable bonds is 4. The van der Waals surface area contributed by atoms with Gasteiger partial charge in [0.2, 0.25) is 0 Å². The Kier molecular flexibility index (Phi) is 3.08. The van der Waals surface area contributed by atoms with Crippen molar-refractivity contribution >= 4 is 17.4 Å². The third-order valence-corrected chi connectivity index (χ3v) is 3.24. The van der Waals surface area contributed by atoms with E-state index in [1.54, 1.807) is 4.68 Å². The number of hydrogen-bond donors (Lipinski definition) is 2. The lowest BCUT2D eigenvalue weighted by Crippen LogP contribution is -2.48. The molecule has 1 aliphatic rings. The molecule has 98 valence electrons. The molecule has 18 heavy (non-hydrogen) atoms. The van der Waals surface area contributed by atoms with E-state index in [-0.39, 0.29) is 28.9 Å². The SMILES string of the molecule is CCN1CC(n2nc(C(N)=O)c(N)c2C(C)=O)C1. The van der Waals surface area contributed by atoms with Crippen molar-refractivity contribution in [1.29, 1.82) is 0 Å². The van der Waals surface area contributed by atoms with Crippen LogP contribution in [-0.2, 0) is 0 Å². The van der Waals surface area contributed by atoms with Crippen LogP contribution in [0.25, 0.3) is 0 Å². The fourth-order valence-corrected chi connectivity index (χ4v) is 2.20. The van der Waals surface area contributed by atoms with Gasteiger partial charge in [0.15, 0.2) is 11.5 Å². The third kappa shape index (κ3) is 1.86. The monoisotopic (exact) mass is 251 g/mol. The Balaban J connectivity index is 2.38. The van der Waals surface area contributed by atoms with Gasteiger partial charge in [-0.1, -0.05) is 6.92 Å². The third-order valence-electron chi connectivity index (χ3n) is 3.24. The molecule has 0 unspecified atom stereocenters. The topological polar surface area (TPSA) is 107 Å². The molecule has 1 aromatic heterocycles. The standard InChI is InChI=1S/C11H17N5O2/c1-3-15-4-7(5-15)16-10(6(2)17)8(12)9(14-16)11(13)18/h7H,3-5,12H2,1-2H3,(H2,13,18). The molecule has 0 atom stereocenters. The number of primary amides is 1. The summed E-state index contributed by atoms with van der Waals surface area (Å²) in [5.74, 6) is -0.914. The van der Waals surface area contributed by atoms with Crippen molar-refractivity contribution in [3.05, 3.63) is 11.4 Å². The van der Waals surface area contributed by atoms with Crippen molar-refractivity contribution < 1.29 is 9.59 Å². The summed E-state index contributed by atoms with van der Waals surface area (Å²) in [5, 5.41) is 4.09. The minimum absolute atomic E-state index is 0.0184. The summed E-state index contributed by atoms with van der Waals surface area (Å²) in [6.07, 6.45) is 0. The van der Waals surface area contributed by atoms with E-state index < -0.39 is 5.91 Å². The minimum Gasteiger partial charge on any atom is -0.395 e. The van der Waals surface area contributed by atoms with Crippen molar-refractivity contribution in [2.45, 2.75) is 19.9 Å². The summed E-state index contributed by atoms with van der Waals surface area (Å²) in [6.45, 7) is 6.02. The summed E-state index contributed by atoms with van der Waals surface area (Å²) in [7, 11) is 0. The number of likely N-dealkylation sites (tertiary alicyclic amines) is 1. The minimum atomic E-state index is -0.708. The van der Waals surface area contributed by atoms with Crippen LogP contribution >= 0.6 is 0 Å². The highest BCUT2D eigenvalue weighted by Crippen LogP contribution is 2.26. The molecule has 2 heterocycles. The van der Waals surface area contributed by atoms with E-state index in [0.29, 0.717) is 0 Å². The lowest BCUT2D eigenvalue weighted by Gasteiger charge is -2.38. The highest BCUT2D eigenvalue weighted by molar-refractivity contribution is 6.04. The van der Waals surface area contributed by atoms with Crippen LogP contribution in [0.4, 0.5) is 5.69 Å². The van der Waals surface area contributed by atoms with Crippen LogP contribution in [0.2, 0.25) is 0 Å². The molecule has 1 amide bonds. The van der Waals surface area contributed by atoms with Gasteiger partial charge >= 0.3 is 0 Å². The van der Waals surface area contributed by atoms with Crippen LogP contribution in [0.1, 0.15) is 40.9 Å². The molecule has 7 heteroatoms. The molecule has 0 radical (unpaired) electrons. The summed E-state index contributed by atoms with van der Waals surface area (Å²) in [5.41, 5.74) is 11.3. The van der Waals surface area contributed by atoms with Gasteiger partial charge in [0.05, 0.1) is 11.7 Å². The van der Waals surface area contributed by atoms with Gasteiger partial charge in [-0.15, -0.1) is 0 Å². The molecule has 7 nitrogen and oxygen atoms in total. The first-order valence-corrected chi connectivity index (χ1v) is 5.86. The first-order valence-electron chi connectivity index (χ1n) is 5.86. The summed E-state index contributed by atoms with van der Waals surface area (Å²) in [6, 6.07) is 0.0826. The molecule has 4 N–H and O–H groups in total. The Morgan fingerprint density at radius 2 is 2.06 bits per heavy atom. The molecule has 1 saturated heterocycles. The van der Waals surface area contributed by atoms with E-state index in [1.807, 2.05) is 0 Å². The maximum absolute atomic E-state index is 11.6. The van der Waals surface area contributed by atoms with E-state index in [0.717, 1.165) is 19.6 Å². The van der Waals surface area contributed by atoms with Crippen LogP contribution in [0, 0.1) is 0 Å². The van der Waals surface area contributed by atoms with Crippen molar-refractivity contribution in [3.63, 3.8) is 0 Å². The fraction of sp³-hybridized carbons (Fsp3) is 0.545. The molecular weight excluding hydrogens is 234 g/mol. The van der Waals surface area contributed by atoms with Gasteiger partial charge in [0, 0.05) is 20.0 Å². The van der Waals surface area contributed by atoms with E-state index in [1.165, 1.54) is 6.92 Å². The summed E-state index contributed by atoms with van der Waals surface area (Å²) < 4.78 is 1.55. The van der Waals surface area contributed by atoms with Gasteiger partial charge in [-0.2, -0.15) is 5.10 Å². The molecule has 2 rings (SSSR count). The quantitative estimate of drug-likeness (QED) is 0.711. The molecular formula is C11H17N5O2. The molecule has 1 fully saturated rings. The van der Waals surface area contributed by atoms with Gasteiger partial charge in [0.1, 0.15) is 5.69 Å². The smallest absolute Gasteiger partial charge is 0.271 e. The number of Topliss-reactive ketones (excluding diaryl/α,β-unsaturated/α-hetero) is 1. The Hall–Kier alpha value is -1.89. The Labute approximate surface area is 105 Å². The molecule has 0 saturated carbocycles. The average Bonchev–Trinajstić information content (AvgIpc) is 2.54. The highest BCUT2D eigenvalue weighted by atomic mass is 16.1. The van der Waals surface area contributed by atoms with Crippen LogP contribution in [-0.4, -0.2) is 46.0 Å². The second-order valence-electron chi connectivity index (χ2n) is 4.48. The fourth-order valence-electron chi connectivity index (χ4n) is 2.20. The Bertz CT molecular complexity index is 502. The maximum atomic E-state index is 11.6. The van der Waals surface area contributed by atoms with E-state index in [4.69, 9.17) is 11.5 Å². The maximum Gasteiger partial charge on any atom is 0.271 e. The van der Waals surface area contributed by atoms with E-state index in [2.05, 4.69) is 16.9 Å². The van der Waals surface area contributed by atoms with Crippen LogP contribution in [0.3, 0.4) is 0 Å². The van der Waals surface area contributed by atoms with Crippen molar-refractivity contribution in [3.8, 4) is 0 Å². The summed E-state index contributed by atoms with van der Waals surface area (Å²) in [4.78, 5) is 25.0. The normalized spacial score (nSPS) is 16.6. The molecule has 1 aliphatic heterocycles. The number of nitrogens with zero attached hydrogens (tertiary/aromatic N) is 3. The number of anilines is 1. The van der Waals surface area contributed by atoms with Gasteiger partial charge in [0.25, 0.3) is 5.91 Å². The molecule has 1 aromatic rings. The predicted molar refractivity (Wildman–Crippen MR) is 66.3 cm³/mol.